The second-order valence-electron chi connectivity index (χ2n) is 10.7. The van der Waals surface area contributed by atoms with Gasteiger partial charge in [0.1, 0.15) is 10.9 Å². The van der Waals surface area contributed by atoms with E-state index >= 15 is 0 Å². The maximum absolute atomic E-state index is 13.9. The quantitative estimate of drug-likeness (QED) is 0.389. The molecule has 3 aromatic carbocycles. The lowest BCUT2D eigenvalue weighted by Gasteiger charge is -2.34. The SMILES string of the molecule is O=C(NC1CCCCC1)C(Cc1ccccc1)N(Cc1ccccc1)C(=O)CCN1C(=O)c2ccccc2S1(=O)=O. The van der Waals surface area contributed by atoms with Crippen LogP contribution in [0.1, 0.15) is 60.0 Å². The number of carbonyl (C=O) groups is 3. The van der Waals surface area contributed by atoms with E-state index in [2.05, 4.69) is 5.32 Å². The summed E-state index contributed by atoms with van der Waals surface area (Å²) in [6, 6.07) is 24.3. The van der Waals surface area contributed by atoms with Crippen molar-refractivity contribution >= 4 is 27.7 Å². The number of nitrogens with one attached hydrogen (secondary N) is 1. The van der Waals surface area contributed by atoms with Crippen molar-refractivity contribution in [3.8, 4) is 0 Å². The highest BCUT2D eigenvalue weighted by Gasteiger charge is 2.41. The van der Waals surface area contributed by atoms with Crippen LogP contribution in [-0.4, -0.2) is 54.0 Å². The van der Waals surface area contributed by atoms with Crippen LogP contribution in [0.15, 0.2) is 89.8 Å². The highest BCUT2D eigenvalue weighted by Crippen LogP contribution is 2.30. The smallest absolute Gasteiger partial charge is 0.269 e. The number of hydrogen-bond acceptors (Lipinski definition) is 5. The van der Waals surface area contributed by atoms with Crippen molar-refractivity contribution in [3.63, 3.8) is 0 Å². The fourth-order valence-electron chi connectivity index (χ4n) is 5.67. The molecule has 1 atom stereocenters. The van der Waals surface area contributed by atoms with Crippen molar-refractivity contribution in [1.29, 1.82) is 0 Å². The van der Waals surface area contributed by atoms with Gasteiger partial charge in [-0.25, -0.2) is 12.7 Å². The molecule has 0 bridgehead atoms. The Morgan fingerprint density at radius 3 is 2.12 bits per heavy atom. The molecule has 1 unspecified atom stereocenters. The monoisotopic (exact) mass is 573 g/mol. The summed E-state index contributed by atoms with van der Waals surface area (Å²) in [5.41, 5.74) is 1.87. The number of sulfonamides is 1. The van der Waals surface area contributed by atoms with E-state index < -0.39 is 27.9 Å². The maximum Gasteiger partial charge on any atom is 0.269 e. The Hall–Kier alpha value is -3.98. The summed E-state index contributed by atoms with van der Waals surface area (Å²) < 4.78 is 26.9. The predicted octanol–water partition coefficient (Wildman–Crippen LogP) is 4.31. The van der Waals surface area contributed by atoms with Gasteiger partial charge in [0.2, 0.25) is 11.8 Å². The van der Waals surface area contributed by atoms with E-state index in [-0.39, 0.29) is 41.9 Å². The molecule has 1 N–H and O–H groups in total. The standard InChI is InChI=1S/C32H35N3O5S/c36-30(20-21-35-32(38)27-18-10-11-19-29(27)41(35,39)40)34(23-25-14-6-2-7-15-25)28(22-24-12-4-1-5-13-24)31(37)33-26-16-8-3-9-17-26/h1-2,4-7,10-15,18-19,26,28H,3,8-9,16-17,20-23H2,(H,33,37). The first-order chi connectivity index (χ1) is 19.8. The molecular weight excluding hydrogens is 538 g/mol. The first kappa shape index (κ1) is 28.5. The van der Waals surface area contributed by atoms with E-state index in [0.717, 1.165) is 47.5 Å². The van der Waals surface area contributed by atoms with Crippen LogP contribution in [0.3, 0.4) is 0 Å². The van der Waals surface area contributed by atoms with Crippen molar-refractivity contribution in [1.82, 2.24) is 14.5 Å². The lowest BCUT2D eigenvalue weighted by Crippen LogP contribution is -2.53. The molecule has 3 aromatic rings. The van der Waals surface area contributed by atoms with E-state index in [1.54, 1.807) is 17.0 Å². The average molecular weight is 574 g/mol. The molecule has 0 radical (unpaired) electrons. The predicted molar refractivity (Wildman–Crippen MR) is 155 cm³/mol. The normalized spacial score (nSPS) is 17.1. The molecule has 1 aliphatic heterocycles. The van der Waals surface area contributed by atoms with Gasteiger partial charge < -0.3 is 10.2 Å². The summed E-state index contributed by atoms with van der Waals surface area (Å²) in [7, 11) is -4.05. The number of amides is 3. The van der Waals surface area contributed by atoms with Crippen molar-refractivity contribution in [2.45, 2.75) is 68.5 Å². The molecule has 214 valence electrons. The van der Waals surface area contributed by atoms with Crippen LogP contribution in [0.4, 0.5) is 0 Å². The van der Waals surface area contributed by atoms with Crippen molar-refractivity contribution in [3.05, 3.63) is 102 Å². The Balaban J connectivity index is 1.41. The van der Waals surface area contributed by atoms with Crippen molar-refractivity contribution in [2.24, 2.45) is 0 Å². The number of nitrogens with zero attached hydrogens (tertiary/aromatic N) is 2. The molecule has 41 heavy (non-hydrogen) atoms. The topological polar surface area (TPSA) is 104 Å². The molecule has 1 fully saturated rings. The molecule has 1 aliphatic carbocycles. The molecule has 8 nitrogen and oxygen atoms in total. The van der Waals surface area contributed by atoms with Gasteiger partial charge in [-0.1, -0.05) is 92.1 Å². The zero-order chi connectivity index (χ0) is 28.8. The number of benzene rings is 3. The zero-order valence-corrected chi connectivity index (χ0v) is 23.8. The van der Waals surface area contributed by atoms with Gasteiger partial charge in [-0.3, -0.25) is 14.4 Å². The van der Waals surface area contributed by atoms with Crippen LogP contribution in [0.5, 0.6) is 0 Å². The van der Waals surface area contributed by atoms with Gasteiger partial charge in [0.05, 0.1) is 5.56 Å². The highest BCUT2D eigenvalue weighted by atomic mass is 32.2. The van der Waals surface area contributed by atoms with Gasteiger partial charge >= 0.3 is 0 Å². The molecule has 0 saturated heterocycles. The molecule has 0 spiro atoms. The fraction of sp³-hybridized carbons (Fsp3) is 0.344. The minimum Gasteiger partial charge on any atom is -0.352 e. The summed E-state index contributed by atoms with van der Waals surface area (Å²) >= 11 is 0. The number of hydrogen-bond donors (Lipinski definition) is 1. The van der Waals surface area contributed by atoms with E-state index in [1.807, 2.05) is 60.7 Å². The van der Waals surface area contributed by atoms with Crippen LogP contribution < -0.4 is 5.32 Å². The van der Waals surface area contributed by atoms with Crippen LogP contribution in [-0.2, 0) is 32.6 Å². The lowest BCUT2D eigenvalue weighted by atomic mass is 9.94. The van der Waals surface area contributed by atoms with E-state index in [0.29, 0.717) is 6.42 Å². The van der Waals surface area contributed by atoms with E-state index in [1.165, 1.54) is 12.1 Å². The summed E-state index contributed by atoms with van der Waals surface area (Å²) in [5, 5.41) is 3.20. The van der Waals surface area contributed by atoms with Gasteiger partial charge in [-0.2, -0.15) is 0 Å². The molecule has 5 rings (SSSR count). The second kappa shape index (κ2) is 12.7. The first-order valence-corrected chi connectivity index (χ1v) is 15.6. The first-order valence-electron chi connectivity index (χ1n) is 14.2. The number of carbonyl (C=O) groups excluding carboxylic acids is 3. The van der Waals surface area contributed by atoms with Crippen LogP contribution in [0.2, 0.25) is 0 Å². The zero-order valence-electron chi connectivity index (χ0n) is 22.9. The Bertz CT molecular complexity index is 1490. The van der Waals surface area contributed by atoms with E-state index in [4.69, 9.17) is 0 Å². The van der Waals surface area contributed by atoms with Crippen LogP contribution in [0.25, 0.3) is 0 Å². The summed E-state index contributed by atoms with van der Waals surface area (Å²) in [5.74, 6) is -1.26. The van der Waals surface area contributed by atoms with Crippen LogP contribution >= 0.6 is 0 Å². The minimum absolute atomic E-state index is 0.0487. The van der Waals surface area contributed by atoms with Crippen molar-refractivity contribution in [2.75, 3.05) is 6.54 Å². The van der Waals surface area contributed by atoms with Crippen LogP contribution in [0, 0.1) is 0 Å². The average Bonchev–Trinajstić information content (AvgIpc) is 3.19. The van der Waals surface area contributed by atoms with Gasteiger partial charge in [0, 0.05) is 32.0 Å². The highest BCUT2D eigenvalue weighted by molar-refractivity contribution is 7.90. The molecule has 2 aliphatic rings. The van der Waals surface area contributed by atoms with Gasteiger partial charge in [0.15, 0.2) is 0 Å². The van der Waals surface area contributed by atoms with E-state index in [9.17, 15) is 22.8 Å². The second-order valence-corrected chi connectivity index (χ2v) is 12.5. The van der Waals surface area contributed by atoms with Crippen molar-refractivity contribution < 1.29 is 22.8 Å². The molecule has 9 heteroatoms. The molecule has 1 saturated carbocycles. The third-order valence-corrected chi connectivity index (χ3v) is 9.70. The largest absolute Gasteiger partial charge is 0.352 e. The summed E-state index contributed by atoms with van der Waals surface area (Å²) in [6.07, 6.45) is 5.15. The molecule has 3 amide bonds. The van der Waals surface area contributed by atoms with Gasteiger partial charge in [0.25, 0.3) is 15.9 Å². The fourth-order valence-corrected chi connectivity index (χ4v) is 7.24. The number of rotatable bonds is 10. The third kappa shape index (κ3) is 6.51. The Morgan fingerprint density at radius 2 is 1.46 bits per heavy atom. The van der Waals surface area contributed by atoms with Gasteiger partial charge in [-0.15, -0.1) is 0 Å². The maximum atomic E-state index is 13.9. The molecule has 1 heterocycles. The Kier molecular flexibility index (Phi) is 8.83. The lowest BCUT2D eigenvalue weighted by molar-refractivity contribution is -0.141. The van der Waals surface area contributed by atoms with Gasteiger partial charge in [-0.05, 0) is 36.1 Å². The molecular formula is C32H35N3O5S. The number of fused-ring (bicyclic) bond motifs is 1. The Labute approximate surface area is 241 Å². The third-order valence-electron chi connectivity index (χ3n) is 7.86. The minimum atomic E-state index is -4.05. The summed E-state index contributed by atoms with van der Waals surface area (Å²) in [6.45, 7) is -0.127. The molecule has 0 aromatic heterocycles. The summed E-state index contributed by atoms with van der Waals surface area (Å²) in [4.78, 5) is 42.2. The Morgan fingerprint density at radius 1 is 0.854 bits per heavy atom.